The highest BCUT2D eigenvalue weighted by Gasteiger charge is 2.25. The molecule has 0 fully saturated rings. The molecule has 2 atom stereocenters. The first-order valence-electron chi connectivity index (χ1n) is 17.3. The predicted molar refractivity (Wildman–Crippen MR) is 212 cm³/mol. The molecular weight excluding hydrogens is 625 g/mol. The lowest BCUT2D eigenvalue weighted by atomic mass is 9.94. The Hall–Kier alpha value is -3.86. The SMILES string of the molecule is CC[C@@H](SS[C@H](CC)c1cccc(-c2cccc3ccccc23)c1OC(C)C)c1cccc(-c2cccc3ccccc23)c1OC(C)C. The summed E-state index contributed by atoms with van der Waals surface area (Å²) in [6.07, 6.45) is 2.11. The highest BCUT2D eigenvalue weighted by Crippen LogP contribution is 2.54. The van der Waals surface area contributed by atoms with Gasteiger partial charge in [-0.15, -0.1) is 0 Å². The van der Waals surface area contributed by atoms with Crippen LogP contribution in [0.5, 0.6) is 11.5 Å². The molecule has 0 N–H and O–H groups in total. The molecule has 246 valence electrons. The van der Waals surface area contributed by atoms with E-state index in [9.17, 15) is 0 Å². The third-order valence-electron chi connectivity index (χ3n) is 8.68. The molecule has 0 aromatic heterocycles. The van der Waals surface area contributed by atoms with Gasteiger partial charge in [-0.1, -0.05) is 157 Å². The van der Waals surface area contributed by atoms with Crippen molar-refractivity contribution in [2.75, 3.05) is 0 Å². The lowest BCUT2D eigenvalue weighted by Gasteiger charge is -2.26. The molecule has 0 bridgehead atoms. The van der Waals surface area contributed by atoms with Crippen LogP contribution in [0.2, 0.25) is 0 Å². The van der Waals surface area contributed by atoms with E-state index >= 15 is 0 Å². The number of benzene rings is 6. The van der Waals surface area contributed by atoms with Gasteiger partial charge in [0.2, 0.25) is 0 Å². The summed E-state index contributed by atoms with van der Waals surface area (Å²) in [5.41, 5.74) is 7.25. The first-order valence-corrected chi connectivity index (χ1v) is 19.5. The monoisotopic (exact) mass is 670 g/mol. The van der Waals surface area contributed by atoms with Crippen LogP contribution in [0.3, 0.4) is 0 Å². The average Bonchev–Trinajstić information content (AvgIpc) is 3.10. The Morgan fingerprint density at radius 2 is 0.792 bits per heavy atom. The first-order chi connectivity index (χ1) is 23.4. The van der Waals surface area contributed by atoms with Gasteiger partial charge in [-0.3, -0.25) is 0 Å². The Morgan fingerprint density at radius 3 is 1.19 bits per heavy atom. The third-order valence-corrected chi connectivity index (χ3v) is 12.2. The lowest BCUT2D eigenvalue weighted by Crippen LogP contribution is -2.10. The molecule has 0 spiro atoms. The van der Waals surface area contributed by atoms with Crippen molar-refractivity contribution in [3.05, 3.63) is 132 Å². The minimum absolute atomic E-state index is 0.0611. The maximum atomic E-state index is 6.70. The van der Waals surface area contributed by atoms with Crippen molar-refractivity contribution in [3.8, 4) is 33.8 Å². The van der Waals surface area contributed by atoms with Crippen molar-refractivity contribution in [3.63, 3.8) is 0 Å². The van der Waals surface area contributed by atoms with E-state index in [-0.39, 0.29) is 22.7 Å². The van der Waals surface area contributed by atoms with Crippen molar-refractivity contribution in [2.24, 2.45) is 0 Å². The maximum absolute atomic E-state index is 6.70. The van der Waals surface area contributed by atoms with Crippen LogP contribution in [0.25, 0.3) is 43.8 Å². The maximum Gasteiger partial charge on any atom is 0.131 e. The van der Waals surface area contributed by atoms with E-state index in [0.717, 1.165) is 35.5 Å². The van der Waals surface area contributed by atoms with E-state index in [1.165, 1.54) is 43.8 Å². The largest absolute Gasteiger partial charge is 0.490 e. The molecule has 0 radical (unpaired) electrons. The second-order valence-corrected chi connectivity index (χ2v) is 15.5. The second-order valence-electron chi connectivity index (χ2n) is 12.8. The molecule has 0 unspecified atom stereocenters. The molecule has 0 amide bonds. The summed E-state index contributed by atoms with van der Waals surface area (Å²) < 4.78 is 13.4. The molecule has 0 saturated carbocycles. The molecule has 0 aliphatic heterocycles. The molecule has 6 aromatic carbocycles. The molecule has 6 aromatic rings. The zero-order valence-corrected chi connectivity index (χ0v) is 30.5. The number of hydrogen-bond donors (Lipinski definition) is 0. The Kier molecular flexibility index (Phi) is 11.0. The fraction of sp³-hybridized carbons (Fsp3) is 0.273. The van der Waals surface area contributed by atoms with E-state index in [0.29, 0.717) is 0 Å². The van der Waals surface area contributed by atoms with Crippen molar-refractivity contribution in [1.29, 1.82) is 0 Å². The summed E-state index contributed by atoms with van der Waals surface area (Å²) in [4.78, 5) is 0. The smallest absolute Gasteiger partial charge is 0.131 e. The molecule has 6 rings (SSSR count). The van der Waals surface area contributed by atoms with Gasteiger partial charge in [-0.2, -0.15) is 0 Å². The van der Waals surface area contributed by atoms with Gasteiger partial charge in [0.1, 0.15) is 11.5 Å². The minimum atomic E-state index is 0.0611. The summed E-state index contributed by atoms with van der Waals surface area (Å²) in [6, 6.07) is 43.8. The Balaban J connectivity index is 1.37. The van der Waals surface area contributed by atoms with Crippen LogP contribution in [-0.4, -0.2) is 12.2 Å². The standard InChI is InChI=1S/C44H46O2S2/c1-7-41(39-27-15-25-37(43(39)45-29(3)4)35-23-13-19-31-17-9-11-21-33(31)35)47-48-42(8-2)40-28-16-26-38(44(40)46-30(5)6)36-24-14-20-32-18-10-12-22-34(32)36/h9-30,41-42H,7-8H2,1-6H3/t41-,42-/m1/s1. The third kappa shape index (κ3) is 7.26. The normalized spacial score (nSPS) is 12.9. The van der Waals surface area contributed by atoms with Gasteiger partial charge < -0.3 is 9.47 Å². The van der Waals surface area contributed by atoms with Gasteiger partial charge in [0, 0.05) is 32.8 Å². The van der Waals surface area contributed by atoms with Gasteiger partial charge in [-0.05, 0) is 73.2 Å². The quantitative estimate of drug-likeness (QED) is 0.114. The lowest BCUT2D eigenvalue weighted by molar-refractivity contribution is 0.240. The molecule has 4 heteroatoms. The molecule has 0 heterocycles. The highest BCUT2D eigenvalue weighted by molar-refractivity contribution is 8.76. The van der Waals surface area contributed by atoms with Crippen LogP contribution >= 0.6 is 21.6 Å². The zero-order valence-electron chi connectivity index (χ0n) is 28.9. The Bertz CT molecular complexity index is 1840. The number of para-hydroxylation sites is 2. The predicted octanol–water partition coefficient (Wildman–Crippen LogP) is 13.9. The van der Waals surface area contributed by atoms with Gasteiger partial charge in [0.05, 0.1) is 12.2 Å². The van der Waals surface area contributed by atoms with Crippen LogP contribution in [0.15, 0.2) is 121 Å². The van der Waals surface area contributed by atoms with E-state index in [2.05, 4.69) is 163 Å². The van der Waals surface area contributed by atoms with Gasteiger partial charge >= 0.3 is 0 Å². The number of rotatable bonds is 13. The summed E-state index contributed by atoms with van der Waals surface area (Å²) in [6.45, 7) is 13.1. The Morgan fingerprint density at radius 1 is 0.438 bits per heavy atom. The van der Waals surface area contributed by atoms with Gasteiger partial charge in [-0.25, -0.2) is 0 Å². The van der Waals surface area contributed by atoms with Gasteiger partial charge in [0.15, 0.2) is 0 Å². The second kappa shape index (κ2) is 15.6. The number of hydrogen-bond acceptors (Lipinski definition) is 4. The van der Waals surface area contributed by atoms with E-state index in [1.54, 1.807) is 0 Å². The summed E-state index contributed by atoms with van der Waals surface area (Å²) in [7, 11) is 3.93. The van der Waals surface area contributed by atoms with E-state index in [1.807, 2.05) is 21.6 Å². The molecule has 0 aliphatic rings. The average molecular weight is 671 g/mol. The van der Waals surface area contributed by atoms with E-state index in [4.69, 9.17) is 9.47 Å². The van der Waals surface area contributed by atoms with Crippen LogP contribution in [-0.2, 0) is 0 Å². The zero-order chi connectivity index (χ0) is 33.6. The fourth-order valence-corrected chi connectivity index (χ4v) is 9.87. The van der Waals surface area contributed by atoms with Crippen molar-refractivity contribution in [2.45, 2.75) is 77.1 Å². The van der Waals surface area contributed by atoms with Crippen molar-refractivity contribution >= 4 is 43.1 Å². The van der Waals surface area contributed by atoms with Gasteiger partial charge in [0.25, 0.3) is 0 Å². The van der Waals surface area contributed by atoms with Crippen LogP contribution < -0.4 is 9.47 Å². The van der Waals surface area contributed by atoms with Crippen molar-refractivity contribution < 1.29 is 9.47 Å². The summed E-state index contributed by atoms with van der Waals surface area (Å²) in [5.74, 6) is 2.00. The van der Waals surface area contributed by atoms with E-state index < -0.39 is 0 Å². The fourth-order valence-electron chi connectivity index (χ4n) is 6.51. The molecule has 2 nitrogen and oxygen atoms in total. The number of fused-ring (bicyclic) bond motifs is 2. The van der Waals surface area contributed by atoms with Crippen LogP contribution in [0, 0.1) is 0 Å². The first kappa shape index (κ1) is 34.0. The molecule has 0 aliphatic carbocycles. The van der Waals surface area contributed by atoms with Crippen LogP contribution in [0.1, 0.15) is 76.0 Å². The number of ether oxygens (including phenoxy) is 2. The van der Waals surface area contributed by atoms with Crippen LogP contribution in [0.4, 0.5) is 0 Å². The summed E-state index contributed by atoms with van der Waals surface area (Å²) >= 11 is 0. The Labute approximate surface area is 294 Å². The minimum Gasteiger partial charge on any atom is -0.490 e. The topological polar surface area (TPSA) is 18.5 Å². The van der Waals surface area contributed by atoms with Crippen molar-refractivity contribution in [1.82, 2.24) is 0 Å². The molecule has 0 saturated heterocycles. The highest BCUT2D eigenvalue weighted by atomic mass is 33.1. The summed E-state index contributed by atoms with van der Waals surface area (Å²) in [5, 5.41) is 5.48. The molecule has 48 heavy (non-hydrogen) atoms. The molecular formula is C44H46O2S2.